The lowest BCUT2D eigenvalue weighted by Gasteiger charge is -2.08. The number of nitrogens with zero attached hydrogens (tertiary/aromatic N) is 3. The molecule has 0 unspecified atom stereocenters. The third kappa shape index (κ3) is 3.99. The summed E-state index contributed by atoms with van der Waals surface area (Å²) >= 11 is 7.26. The molecule has 22 heavy (non-hydrogen) atoms. The third-order valence-electron chi connectivity index (χ3n) is 2.81. The van der Waals surface area contributed by atoms with Crippen molar-refractivity contribution in [2.75, 3.05) is 5.84 Å². The molecule has 1 heterocycles. The zero-order valence-electron chi connectivity index (χ0n) is 11.4. The number of carbonyl (C=O) groups excluding carboxylic acids is 1. The van der Waals surface area contributed by atoms with Crippen LogP contribution in [0.3, 0.4) is 0 Å². The Hall–Kier alpha value is -2.06. The van der Waals surface area contributed by atoms with Gasteiger partial charge in [0.05, 0.1) is 0 Å². The monoisotopic (exact) mass is 339 g/mol. The number of halogens is 1. The summed E-state index contributed by atoms with van der Waals surface area (Å²) in [4.78, 5) is 22.4. The van der Waals surface area contributed by atoms with Crippen LogP contribution in [0, 0.1) is 0 Å². The summed E-state index contributed by atoms with van der Waals surface area (Å²) in [6, 6.07) is 7.30. The Bertz CT molecular complexity index is 750. The first-order chi connectivity index (χ1) is 10.5. The van der Waals surface area contributed by atoms with E-state index in [1.54, 1.807) is 6.07 Å². The highest BCUT2D eigenvalue weighted by molar-refractivity contribution is 7.98. The van der Waals surface area contributed by atoms with Crippen molar-refractivity contribution in [3.05, 3.63) is 50.9 Å². The van der Waals surface area contributed by atoms with E-state index in [-0.39, 0.29) is 23.7 Å². The second kappa shape index (κ2) is 7.28. The zero-order chi connectivity index (χ0) is 16.1. The number of aromatic nitrogens is 3. The van der Waals surface area contributed by atoms with Gasteiger partial charge in [-0.15, -0.1) is 10.2 Å². The molecular formula is C13H12ClN4O3S-. The van der Waals surface area contributed by atoms with Crippen molar-refractivity contribution in [2.24, 2.45) is 0 Å². The highest BCUT2D eigenvalue weighted by Gasteiger charge is 2.11. The van der Waals surface area contributed by atoms with Crippen LogP contribution < -0.4 is 16.5 Å². The number of hydrogen-bond donors (Lipinski definition) is 1. The molecule has 1 aromatic heterocycles. The maximum atomic E-state index is 12.0. The van der Waals surface area contributed by atoms with Crippen LogP contribution in [-0.2, 0) is 17.0 Å². The van der Waals surface area contributed by atoms with E-state index in [2.05, 4.69) is 10.2 Å². The van der Waals surface area contributed by atoms with Crippen LogP contribution in [0.1, 0.15) is 17.7 Å². The van der Waals surface area contributed by atoms with E-state index in [0.29, 0.717) is 10.8 Å². The number of thioether (sulfide) groups is 1. The highest BCUT2D eigenvalue weighted by atomic mass is 35.5. The lowest BCUT2D eigenvalue weighted by molar-refractivity contribution is -0.305. The maximum absolute atomic E-state index is 12.0. The first-order valence-corrected chi connectivity index (χ1v) is 7.65. The largest absolute Gasteiger partial charge is 0.550 e. The van der Waals surface area contributed by atoms with Gasteiger partial charge >= 0.3 is 0 Å². The first kappa shape index (κ1) is 16.3. The van der Waals surface area contributed by atoms with Gasteiger partial charge in [0.1, 0.15) is 5.69 Å². The van der Waals surface area contributed by atoms with Crippen LogP contribution in [0.4, 0.5) is 0 Å². The summed E-state index contributed by atoms with van der Waals surface area (Å²) in [6.45, 7) is 0. The van der Waals surface area contributed by atoms with Crippen LogP contribution >= 0.6 is 23.4 Å². The SMILES string of the molecule is Nn1c(SCc2ccccc2Cl)nnc(CCC(=O)[O-])c1=O. The van der Waals surface area contributed by atoms with Crippen LogP contribution in [-0.4, -0.2) is 20.8 Å². The Balaban J connectivity index is 2.13. The molecular weight excluding hydrogens is 328 g/mol. The Morgan fingerprint density at radius 2 is 2.09 bits per heavy atom. The van der Waals surface area contributed by atoms with Gasteiger partial charge in [0.2, 0.25) is 5.16 Å². The summed E-state index contributed by atoms with van der Waals surface area (Å²) in [6.07, 6.45) is -0.378. The van der Waals surface area contributed by atoms with Gasteiger partial charge in [-0.1, -0.05) is 41.6 Å². The predicted octanol–water partition coefficient (Wildman–Crippen LogP) is -0.0197. The normalized spacial score (nSPS) is 10.6. The minimum Gasteiger partial charge on any atom is -0.550 e. The molecule has 0 atom stereocenters. The van der Waals surface area contributed by atoms with Crippen LogP contribution in [0.25, 0.3) is 0 Å². The Kier molecular flexibility index (Phi) is 5.40. The first-order valence-electron chi connectivity index (χ1n) is 6.28. The molecule has 0 saturated heterocycles. The van der Waals surface area contributed by atoms with Crippen molar-refractivity contribution in [1.29, 1.82) is 0 Å². The summed E-state index contributed by atoms with van der Waals surface area (Å²) in [5.41, 5.74) is 0.302. The van der Waals surface area contributed by atoms with Gasteiger partial charge in [0.25, 0.3) is 5.56 Å². The van der Waals surface area contributed by atoms with E-state index in [9.17, 15) is 14.7 Å². The maximum Gasteiger partial charge on any atom is 0.294 e. The average Bonchev–Trinajstić information content (AvgIpc) is 2.49. The van der Waals surface area contributed by atoms with Gasteiger partial charge in [0, 0.05) is 23.2 Å². The van der Waals surface area contributed by atoms with Gasteiger partial charge in [-0.3, -0.25) is 4.79 Å². The number of hydrogen-bond acceptors (Lipinski definition) is 7. The Morgan fingerprint density at radius 3 is 2.77 bits per heavy atom. The van der Waals surface area contributed by atoms with Gasteiger partial charge in [0.15, 0.2) is 0 Å². The number of carboxylic acids is 1. The molecule has 2 aromatic rings. The summed E-state index contributed by atoms with van der Waals surface area (Å²) < 4.78 is 0.860. The molecule has 0 fully saturated rings. The number of benzene rings is 1. The molecule has 116 valence electrons. The summed E-state index contributed by atoms with van der Waals surface area (Å²) in [7, 11) is 0. The van der Waals surface area contributed by atoms with Gasteiger partial charge in [-0.2, -0.15) is 4.68 Å². The predicted molar refractivity (Wildman–Crippen MR) is 80.8 cm³/mol. The van der Waals surface area contributed by atoms with Gasteiger partial charge in [-0.25, -0.2) is 0 Å². The molecule has 0 aliphatic carbocycles. The minimum atomic E-state index is -1.26. The molecule has 0 radical (unpaired) electrons. The van der Waals surface area contributed by atoms with Gasteiger partial charge in [-0.05, 0) is 18.1 Å². The number of aryl methyl sites for hydroxylation is 1. The smallest absolute Gasteiger partial charge is 0.294 e. The zero-order valence-corrected chi connectivity index (χ0v) is 12.9. The van der Waals surface area contributed by atoms with Crippen molar-refractivity contribution in [1.82, 2.24) is 14.9 Å². The van der Waals surface area contributed by atoms with E-state index >= 15 is 0 Å². The molecule has 0 spiro atoms. The second-order valence-electron chi connectivity index (χ2n) is 4.36. The fourth-order valence-corrected chi connectivity index (χ4v) is 2.79. The number of carboxylic acid groups (broad SMARTS) is 1. The lowest BCUT2D eigenvalue weighted by atomic mass is 10.2. The number of aliphatic carboxylic acids is 1. The standard InChI is InChI=1S/C13H13ClN4O3S/c14-9-4-2-1-3-8(9)7-22-13-17-16-10(5-6-11(19)20)12(21)18(13)15/h1-4H,5-7,15H2,(H,19,20)/p-1. The molecule has 0 aliphatic heterocycles. The van der Waals surface area contributed by atoms with Crippen molar-refractivity contribution in [2.45, 2.75) is 23.8 Å². The number of nitrogens with two attached hydrogens (primary N) is 1. The van der Waals surface area contributed by atoms with E-state index < -0.39 is 11.5 Å². The van der Waals surface area contributed by atoms with E-state index in [4.69, 9.17) is 17.4 Å². The number of carbonyl (C=O) groups is 1. The van der Waals surface area contributed by atoms with Crippen molar-refractivity contribution < 1.29 is 9.90 Å². The molecule has 0 bridgehead atoms. The lowest BCUT2D eigenvalue weighted by Crippen LogP contribution is -2.34. The Morgan fingerprint density at radius 1 is 1.36 bits per heavy atom. The number of nitrogen functional groups attached to an aromatic ring is 1. The fourth-order valence-electron chi connectivity index (χ4n) is 1.65. The second-order valence-corrected chi connectivity index (χ2v) is 5.71. The molecule has 0 amide bonds. The van der Waals surface area contributed by atoms with Gasteiger partial charge < -0.3 is 15.7 Å². The fraction of sp³-hybridized carbons (Fsp3) is 0.231. The average molecular weight is 340 g/mol. The van der Waals surface area contributed by atoms with Crippen molar-refractivity contribution >= 4 is 29.3 Å². The van der Waals surface area contributed by atoms with Crippen LogP contribution in [0.15, 0.2) is 34.2 Å². The molecule has 0 saturated carbocycles. The quantitative estimate of drug-likeness (QED) is 0.581. The Labute approximate surface area is 135 Å². The summed E-state index contributed by atoms with van der Waals surface area (Å²) in [5.74, 6) is 4.89. The summed E-state index contributed by atoms with van der Waals surface area (Å²) in [5, 5.41) is 18.8. The molecule has 1 aromatic carbocycles. The van der Waals surface area contributed by atoms with E-state index in [1.807, 2.05) is 18.2 Å². The third-order valence-corrected chi connectivity index (χ3v) is 4.17. The molecule has 9 heteroatoms. The van der Waals surface area contributed by atoms with E-state index in [0.717, 1.165) is 10.2 Å². The molecule has 2 N–H and O–H groups in total. The number of rotatable bonds is 6. The molecule has 7 nitrogen and oxygen atoms in total. The minimum absolute atomic E-state index is 0.00575. The van der Waals surface area contributed by atoms with Crippen LogP contribution in [0.2, 0.25) is 5.02 Å². The topological polar surface area (TPSA) is 114 Å². The van der Waals surface area contributed by atoms with E-state index in [1.165, 1.54) is 11.8 Å². The van der Waals surface area contributed by atoms with Crippen molar-refractivity contribution in [3.8, 4) is 0 Å². The molecule has 2 rings (SSSR count). The molecule has 0 aliphatic rings. The van der Waals surface area contributed by atoms with Crippen molar-refractivity contribution in [3.63, 3.8) is 0 Å². The van der Waals surface area contributed by atoms with Crippen LogP contribution in [0.5, 0.6) is 0 Å². The highest BCUT2D eigenvalue weighted by Crippen LogP contribution is 2.23.